The van der Waals surface area contributed by atoms with Gasteiger partial charge in [0.2, 0.25) is 5.76 Å². The van der Waals surface area contributed by atoms with E-state index in [1.807, 2.05) is 41.0 Å². The number of rotatable bonds is 7. The molecule has 0 saturated heterocycles. The van der Waals surface area contributed by atoms with Gasteiger partial charge in [-0.3, -0.25) is 0 Å². The standard InChI is InChI=1S/C19H17N3O4S/c1-2-24-18(23)17-15(14-7-3-4-8-16(14)26-17)11-27-19-21-20-12-22(19)10-13-6-5-9-25-13/h3-9,12H,2,10-11H2,1H3. The minimum atomic E-state index is -0.457. The molecule has 0 spiro atoms. The van der Waals surface area contributed by atoms with Crippen molar-refractivity contribution in [1.29, 1.82) is 0 Å². The van der Waals surface area contributed by atoms with E-state index < -0.39 is 5.97 Å². The number of carbonyl (C=O) groups excluding carboxylic acids is 1. The molecule has 4 aromatic rings. The molecular weight excluding hydrogens is 366 g/mol. The summed E-state index contributed by atoms with van der Waals surface area (Å²) in [6.45, 7) is 2.60. The molecule has 0 aliphatic heterocycles. The number of ether oxygens (including phenoxy) is 1. The van der Waals surface area contributed by atoms with Crippen LogP contribution in [0.5, 0.6) is 0 Å². The van der Waals surface area contributed by atoms with Crippen LogP contribution in [0.3, 0.4) is 0 Å². The van der Waals surface area contributed by atoms with Crippen molar-refractivity contribution in [3.63, 3.8) is 0 Å². The van der Waals surface area contributed by atoms with E-state index in [9.17, 15) is 4.79 Å². The summed E-state index contributed by atoms with van der Waals surface area (Å²) in [7, 11) is 0. The van der Waals surface area contributed by atoms with Crippen LogP contribution in [0.15, 0.2) is 63.0 Å². The molecular formula is C19H17N3O4S. The SMILES string of the molecule is CCOC(=O)c1oc2ccccc2c1CSc1nncn1Cc1ccco1. The molecule has 0 bridgehead atoms. The van der Waals surface area contributed by atoms with Crippen LogP contribution in [0.25, 0.3) is 11.0 Å². The highest BCUT2D eigenvalue weighted by molar-refractivity contribution is 7.98. The second-order valence-electron chi connectivity index (χ2n) is 5.74. The number of para-hydroxylation sites is 1. The molecule has 0 saturated carbocycles. The second-order valence-corrected chi connectivity index (χ2v) is 6.68. The fourth-order valence-corrected chi connectivity index (χ4v) is 3.72. The number of hydrogen-bond donors (Lipinski definition) is 0. The number of nitrogens with zero attached hydrogens (tertiary/aromatic N) is 3. The fraction of sp³-hybridized carbons (Fsp3) is 0.211. The lowest BCUT2D eigenvalue weighted by atomic mass is 10.1. The van der Waals surface area contributed by atoms with Crippen LogP contribution in [0.4, 0.5) is 0 Å². The second kappa shape index (κ2) is 7.71. The van der Waals surface area contributed by atoms with Gasteiger partial charge in [-0.15, -0.1) is 10.2 Å². The van der Waals surface area contributed by atoms with Gasteiger partial charge >= 0.3 is 5.97 Å². The summed E-state index contributed by atoms with van der Waals surface area (Å²) >= 11 is 1.48. The highest BCUT2D eigenvalue weighted by atomic mass is 32.2. The number of aromatic nitrogens is 3. The Balaban J connectivity index is 1.60. The largest absolute Gasteiger partial charge is 0.467 e. The summed E-state index contributed by atoms with van der Waals surface area (Å²) in [6, 6.07) is 11.3. The van der Waals surface area contributed by atoms with Crippen LogP contribution in [-0.2, 0) is 17.0 Å². The van der Waals surface area contributed by atoms with E-state index >= 15 is 0 Å². The Hall–Kier alpha value is -3.00. The number of carbonyl (C=O) groups is 1. The highest BCUT2D eigenvalue weighted by Gasteiger charge is 2.22. The summed E-state index contributed by atoms with van der Waals surface area (Å²) in [5, 5.41) is 9.78. The maximum absolute atomic E-state index is 12.3. The third kappa shape index (κ3) is 3.61. The molecule has 0 radical (unpaired) electrons. The van der Waals surface area contributed by atoms with Gasteiger partial charge in [0.15, 0.2) is 5.16 Å². The Labute approximate surface area is 159 Å². The molecule has 27 heavy (non-hydrogen) atoms. The van der Waals surface area contributed by atoms with E-state index in [0.717, 1.165) is 21.9 Å². The molecule has 8 heteroatoms. The van der Waals surface area contributed by atoms with Crippen molar-refractivity contribution in [2.75, 3.05) is 6.61 Å². The zero-order valence-electron chi connectivity index (χ0n) is 14.6. The first-order valence-electron chi connectivity index (χ1n) is 8.46. The quantitative estimate of drug-likeness (QED) is 0.350. The van der Waals surface area contributed by atoms with Crippen LogP contribution in [0.1, 0.15) is 28.8 Å². The lowest BCUT2D eigenvalue weighted by Gasteiger charge is -2.05. The average Bonchev–Trinajstić information content (AvgIpc) is 3.41. The zero-order valence-corrected chi connectivity index (χ0v) is 15.4. The maximum Gasteiger partial charge on any atom is 0.374 e. The molecule has 0 unspecified atom stereocenters. The minimum Gasteiger partial charge on any atom is -0.467 e. The topological polar surface area (TPSA) is 83.3 Å². The molecule has 1 aromatic carbocycles. The molecule has 4 rings (SSSR count). The Kier molecular flexibility index (Phi) is 4.97. The first-order valence-corrected chi connectivity index (χ1v) is 9.45. The predicted molar refractivity (Wildman–Crippen MR) is 99.6 cm³/mol. The Morgan fingerprint density at radius 2 is 2.15 bits per heavy atom. The molecule has 0 aliphatic carbocycles. The van der Waals surface area contributed by atoms with E-state index in [2.05, 4.69) is 10.2 Å². The smallest absolute Gasteiger partial charge is 0.374 e. The van der Waals surface area contributed by atoms with Gasteiger partial charge in [0, 0.05) is 16.7 Å². The van der Waals surface area contributed by atoms with Gasteiger partial charge in [0.25, 0.3) is 0 Å². The van der Waals surface area contributed by atoms with E-state index in [-0.39, 0.29) is 5.76 Å². The molecule has 0 N–H and O–H groups in total. The van der Waals surface area contributed by atoms with Gasteiger partial charge in [-0.2, -0.15) is 0 Å². The summed E-state index contributed by atoms with van der Waals surface area (Å²) in [5.41, 5.74) is 1.45. The predicted octanol–water partition coefficient (Wildman–Crippen LogP) is 4.13. The lowest BCUT2D eigenvalue weighted by Crippen LogP contribution is -2.06. The highest BCUT2D eigenvalue weighted by Crippen LogP contribution is 2.32. The van der Waals surface area contributed by atoms with Crippen LogP contribution in [0.2, 0.25) is 0 Å². The number of furan rings is 2. The van der Waals surface area contributed by atoms with Crippen LogP contribution < -0.4 is 0 Å². The maximum atomic E-state index is 12.3. The van der Waals surface area contributed by atoms with Crippen molar-refractivity contribution >= 4 is 28.7 Å². The third-order valence-electron chi connectivity index (χ3n) is 3.99. The van der Waals surface area contributed by atoms with Crippen LogP contribution in [-0.4, -0.2) is 27.3 Å². The van der Waals surface area contributed by atoms with Gasteiger partial charge in [-0.1, -0.05) is 30.0 Å². The van der Waals surface area contributed by atoms with E-state index in [1.165, 1.54) is 11.8 Å². The summed E-state index contributed by atoms with van der Waals surface area (Å²) < 4.78 is 18.2. The van der Waals surface area contributed by atoms with Crippen molar-refractivity contribution in [3.8, 4) is 0 Å². The fourth-order valence-electron chi connectivity index (χ4n) is 2.78. The summed E-state index contributed by atoms with van der Waals surface area (Å²) in [6.07, 6.45) is 3.29. The van der Waals surface area contributed by atoms with Crippen molar-refractivity contribution in [3.05, 3.63) is 66.1 Å². The number of thioether (sulfide) groups is 1. The summed E-state index contributed by atoms with van der Waals surface area (Å²) in [5.74, 6) is 1.10. The zero-order chi connectivity index (χ0) is 18.6. The van der Waals surface area contributed by atoms with Gasteiger partial charge in [-0.25, -0.2) is 4.79 Å². The number of fused-ring (bicyclic) bond motifs is 1. The molecule has 0 fully saturated rings. The van der Waals surface area contributed by atoms with Crippen LogP contribution in [0, 0.1) is 0 Å². The van der Waals surface area contributed by atoms with Gasteiger partial charge < -0.3 is 18.1 Å². The number of benzene rings is 1. The summed E-state index contributed by atoms with van der Waals surface area (Å²) in [4.78, 5) is 12.3. The molecule has 3 aromatic heterocycles. The molecule has 0 amide bonds. The van der Waals surface area contributed by atoms with E-state index in [1.54, 1.807) is 19.5 Å². The van der Waals surface area contributed by atoms with Crippen LogP contribution >= 0.6 is 11.8 Å². The average molecular weight is 383 g/mol. The van der Waals surface area contributed by atoms with Gasteiger partial charge in [-0.05, 0) is 25.1 Å². The molecule has 0 atom stereocenters. The first kappa shape index (κ1) is 17.4. The van der Waals surface area contributed by atoms with E-state index in [0.29, 0.717) is 24.5 Å². The van der Waals surface area contributed by atoms with E-state index in [4.69, 9.17) is 13.6 Å². The van der Waals surface area contributed by atoms with Crippen molar-refractivity contribution in [2.24, 2.45) is 0 Å². The molecule has 7 nitrogen and oxygen atoms in total. The molecule has 3 heterocycles. The normalized spacial score (nSPS) is 11.1. The number of hydrogen-bond acceptors (Lipinski definition) is 7. The Bertz CT molecular complexity index is 1050. The van der Waals surface area contributed by atoms with Crippen molar-refractivity contribution in [2.45, 2.75) is 24.4 Å². The van der Waals surface area contributed by atoms with Crippen molar-refractivity contribution in [1.82, 2.24) is 14.8 Å². The van der Waals surface area contributed by atoms with Gasteiger partial charge in [0.05, 0.1) is 19.4 Å². The Morgan fingerprint density at radius 1 is 1.26 bits per heavy atom. The minimum absolute atomic E-state index is 0.239. The lowest BCUT2D eigenvalue weighted by molar-refractivity contribution is 0.0491. The van der Waals surface area contributed by atoms with Crippen molar-refractivity contribution < 1.29 is 18.4 Å². The monoisotopic (exact) mass is 383 g/mol. The van der Waals surface area contributed by atoms with Gasteiger partial charge in [0.1, 0.15) is 17.7 Å². The molecule has 138 valence electrons. The Morgan fingerprint density at radius 3 is 2.96 bits per heavy atom. The number of esters is 1. The molecule has 0 aliphatic rings. The third-order valence-corrected chi connectivity index (χ3v) is 5.00. The first-order chi connectivity index (χ1) is 13.3.